The highest BCUT2D eigenvalue weighted by molar-refractivity contribution is 14.1. The van der Waals surface area contributed by atoms with Crippen LogP contribution in [0.5, 0.6) is 0 Å². The van der Waals surface area contributed by atoms with Gasteiger partial charge in [-0.3, -0.25) is 0 Å². The fraction of sp³-hybridized carbons (Fsp3) is 0.143. The van der Waals surface area contributed by atoms with Crippen molar-refractivity contribution >= 4 is 38.5 Å². The summed E-state index contributed by atoms with van der Waals surface area (Å²) >= 11 is 4.22. The average Bonchev–Trinajstić information content (AvgIpc) is 1.97. The molecule has 0 nitrogen and oxygen atoms in total. The smallest absolute Gasteiger partial charge is 0.205 e. The lowest BCUT2D eigenvalue weighted by atomic mass is 10.2. The Balaban J connectivity index is 3.29. The van der Waals surface area contributed by atoms with E-state index in [9.17, 15) is 17.6 Å². The van der Waals surface area contributed by atoms with Gasteiger partial charge in [-0.15, -0.1) is 0 Å². The van der Waals surface area contributed by atoms with E-state index in [1.165, 1.54) is 22.6 Å². The van der Waals surface area contributed by atoms with Gasteiger partial charge in [0.15, 0.2) is 5.82 Å². The summed E-state index contributed by atoms with van der Waals surface area (Å²) in [6, 6.07) is 1.48. The number of alkyl halides is 3. The minimum absolute atomic E-state index is 0.0562. The summed E-state index contributed by atoms with van der Waals surface area (Å²) in [7, 11) is 0. The van der Waals surface area contributed by atoms with Gasteiger partial charge in [0.2, 0.25) is 0 Å². The lowest BCUT2D eigenvalue weighted by Gasteiger charge is -2.08. The number of hydrogen-bond donors (Lipinski definition) is 0. The van der Waals surface area contributed by atoms with Crippen molar-refractivity contribution < 1.29 is 17.6 Å². The fourth-order valence-corrected chi connectivity index (χ4v) is 2.18. The predicted octanol–water partition coefficient (Wildman–Crippen LogP) is 4.21. The van der Waals surface area contributed by atoms with Gasteiger partial charge in [-0.1, -0.05) is 0 Å². The average molecular weight is 369 g/mol. The molecule has 0 saturated heterocycles. The van der Waals surface area contributed by atoms with Crippen molar-refractivity contribution in [3.05, 3.63) is 31.6 Å². The van der Waals surface area contributed by atoms with E-state index in [-0.39, 0.29) is 8.04 Å². The van der Waals surface area contributed by atoms with Crippen LogP contribution in [0.4, 0.5) is 17.6 Å². The summed E-state index contributed by atoms with van der Waals surface area (Å²) in [6.07, 6.45) is -4.43. The second kappa shape index (κ2) is 3.72. The minimum Gasteiger partial charge on any atom is -0.205 e. The standard InChI is InChI=1S/C7H2BrF4I/c8-4-1-3(7(10,11)12)2-5(13)6(4)9/h1-2H. The quantitative estimate of drug-likeness (QED) is 0.365. The van der Waals surface area contributed by atoms with Gasteiger partial charge < -0.3 is 0 Å². The molecule has 0 heterocycles. The summed E-state index contributed by atoms with van der Waals surface area (Å²) in [6.45, 7) is 0. The highest BCUT2D eigenvalue weighted by Crippen LogP contribution is 2.33. The highest BCUT2D eigenvalue weighted by atomic mass is 127. The third kappa shape index (κ3) is 2.55. The Morgan fingerprint density at radius 2 is 1.77 bits per heavy atom. The van der Waals surface area contributed by atoms with E-state index >= 15 is 0 Å². The molecular weight excluding hydrogens is 367 g/mol. The number of rotatable bonds is 0. The monoisotopic (exact) mass is 368 g/mol. The van der Waals surface area contributed by atoms with Crippen LogP contribution in [0.1, 0.15) is 5.56 Å². The first-order valence-corrected chi connectivity index (χ1v) is 4.91. The molecule has 0 N–H and O–H groups in total. The lowest BCUT2D eigenvalue weighted by molar-refractivity contribution is -0.137. The maximum atomic E-state index is 12.9. The van der Waals surface area contributed by atoms with E-state index in [4.69, 9.17) is 0 Å². The number of hydrogen-bond acceptors (Lipinski definition) is 0. The molecule has 0 aromatic heterocycles. The Bertz CT molecular complexity index is 311. The largest absolute Gasteiger partial charge is 0.416 e. The summed E-state index contributed by atoms with van der Waals surface area (Å²) in [5, 5.41) is 0. The molecule has 0 radical (unpaired) electrons. The van der Waals surface area contributed by atoms with Crippen molar-refractivity contribution in [3.8, 4) is 0 Å². The third-order valence-electron chi connectivity index (χ3n) is 1.31. The summed E-state index contributed by atoms with van der Waals surface area (Å²) < 4.78 is 49.0. The first-order chi connectivity index (χ1) is 5.82. The van der Waals surface area contributed by atoms with E-state index in [1.54, 1.807) is 0 Å². The van der Waals surface area contributed by atoms with E-state index in [2.05, 4.69) is 15.9 Å². The molecule has 0 aliphatic rings. The van der Waals surface area contributed by atoms with Crippen LogP contribution in [0.3, 0.4) is 0 Å². The summed E-state index contributed by atoms with van der Waals surface area (Å²) in [5.74, 6) is -0.673. The van der Waals surface area contributed by atoms with Crippen LogP contribution in [0.15, 0.2) is 16.6 Å². The Hall–Kier alpha value is 0.150. The Morgan fingerprint density at radius 1 is 1.23 bits per heavy atom. The van der Waals surface area contributed by atoms with Gasteiger partial charge in [-0.25, -0.2) is 4.39 Å². The molecule has 1 aromatic rings. The SMILES string of the molecule is Fc1c(Br)cc(C(F)(F)F)cc1I. The maximum absolute atomic E-state index is 12.9. The molecule has 1 rings (SSSR count). The molecular formula is C7H2BrF4I. The van der Waals surface area contributed by atoms with Crippen LogP contribution in [0, 0.1) is 9.39 Å². The van der Waals surface area contributed by atoms with Gasteiger partial charge in [0.25, 0.3) is 0 Å². The van der Waals surface area contributed by atoms with Gasteiger partial charge in [-0.05, 0) is 50.7 Å². The fourth-order valence-electron chi connectivity index (χ4n) is 0.719. The Labute approximate surface area is 93.6 Å². The maximum Gasteiger partial charge on any atom is 0.416 e. The normalized spacial score (nSPS) is 11.8. The molecule has 0 fully saturated rings. The van der Waals surface area contributed by atoms with Crippen LogP contribution in [-0.4, -0.2) is 0 Å². The summed E-state index contributed by atoms with van der Waals surface area (Å²) in [5.41, 5.74) is -0.856. The van der Waals surface area contributed by atoms with Crippen molar-refractivity contribution in [2.45, 2.75) is 6.18 Å². The molecule has 1 aromatic carbocycles. The molecule has 0 saturated carbocycles. The van der Waals surface area contributed by atoms with Crippen LogP contribution in [0.2, 0.25) is 0 Å². The first-order valence-electron chi connectivity index (χ1n) is 3.04. The molecule has 0 atom stereocenters. The molecule has 6 heteroatoms. The molecule has 0 bridgehead atoms. The predicted molar refractivity (Wildman–Crippen MR) is 51.8 cm³/mol. The van der Waals surface area contributed by atoms with E-state index in [1.807, 2.05) is 0 Å². The molecule has 72 valence electrons. The van der Waals surface area contributed by atoms with Crippen molar-refractivity contribution in [3.63, 3.8) is 0 Å². The van der Waals surface area contributed by atoms with Gasteiger partial charge in [0.1, 0.15) is 0 Å². The lowest BCUT2D eigenvalue weighted by Crippen LogP contribution is -2.06. The minimum atomic E-state index is -4.43. The van der Waals surface area contributed by atoms with Crippen LogP contribution < -0.4 is 0 Å². The zero-order valence-electron chi connectivity index (χ0n) is 5.92. The van der Waals surface area contributed by atoms with Crippen LogP contribution >= 0.6 is 38.5 Å². The second-order valence-electron chi connectivity index (χ2n) is 2.25. The summed E-state index contributed by atoms with van der Waals surface area (Å²) in [4.78, 5) is 0. The van der Waals surface area contributed by atoms with Crippen molar-refractivity contribution in [1.29, 1.82) is 0 Å². The Kier molecular flexibility index (Phi) is 3.21. The number of halogens is 6. The van der Waals surface area contributed by atoms with Crippen molar-refractivity contribution in [1.82, 2.24) is 0 Å². The van der Waals surface area contributed by atoms with Crippen LogP contribution in [-0.2, 0) is 6.18 Å². The molecule has 13 heavy (non-hydrogen) atoms. The molecule has 0 unspecified atom stereocenters. The molecule has 0 spiro atoms. The number of benzene rings is 1. The zero-order chi connectivity index (χ0) is 10.2. The third-order valence-corrected chi connectivity index (χ3v) is 2.67. The molecule has 0 amide bonds. The van der Waals surface area contributed by atoms with Gasteiger partial charge >= 0.3 is 6.18 Å². The van der Waals surface area contributed by atoms with E-state index < -0.39 is 17.6 Å². The highest BCUT2D eigenvalue weighted by Gasteiger charge is 2.31. The topological polar surface area (TPSA) is 0 Å². The van der Waals surface area contributed by atoms with E-state index in [0.717, 1.165) is 12.1 Å². The van der Waals surface area contributed by atoms with Crippen molar-refractivity contribution in [2.24, 2.45) is 0 Å². The van der Waals surface area contributed by atoms with E-state index in [0.29, 0.717) is 0 Å². The van der Waals surface area contributed by atoms with Crippen LogP contribution in [0.25, 0.3) is 0 Å². The molecule has 0 aliphatic heterocycles. The van der Waals surface area contributed by atoms with Gasteiger partial charge in [0, 0.05) is 0 Å². The Morgan fingerprint density at radius 3 is 2.15 bits per heavy atom. The second-order valence-corrected chi connectivity index (χ2v) is 4.27. The zero-order valence-corrected chi connectivity index (χ0v) is 9.67. The van der Waals surface area contributed by atoms with Crippen molar-refractivity contribution in [2.75, 3.05) is 0 Å². The van der Waals surface area contributed by atoms with Gasteiger partial charge in [0.05, 0.1) is 13.6 Å². The van der Waals surface area contributed by atoms with Gasteiger partial charge in [-0.2, -0.15) is 13.2 Å². The first kappa shape index (κ1) is 11.2. The molecule has 0 aliphatic carbocycles.